The Morgan fingerprint density at radius 3 is 3.11 bits per heavy atom. The Labute approximate surface area is 116 Å². The van der Waals surface area contributed by atoms with Crippen molar-refractivity contribution in [2.45, 2.75) is 6.10 Å². The lowest BCUT2D eigenvalue weighted by atomic mass is 10.1. The summed E-state index contributed by atoms with van der Waals surface area (Å²) in [6.07, 6.45) is 0.0715. The number of thiazole rings is 1. The van der Waals surface area contributed by atoms with E-state index in [1.165, 1.54) is 0 Å². The highest BCUT2D eigenvalue weighted by Gasteiger charge is 2.20. The summed E-state index contributed by atoms with van der Waals surface area (Å²) in [6.45, 7) is 2.49. The number of rotatable bonds is 3. The zero-order valence-electron chi connectivity index (χ0n) is 10.8. The second kappa shape index (κ2) is 5.69. The van der Waals surface area contributed by atoms with Crippen molar-refractivity contribution in [3.63, 3.8) is 0 Å². The first-order valence-corrected chi connectivity index (χ1v) is 7.17. The molecule has 1 N–H and O–H groups in total. The molecule has 1 aromatic carbocycles. The zero-order chi connectivity index (χ0) is 13.1. The average molecular weight is 276 g/mol. The van der Waals surface area contributed by atoms with Crippen LogP contribution >= 0.6 is 11.3 Å². The number of hydrogen-bond donors (Lipinski definition) is 1. The molecule has 1 aliphatic rings. The molecule has 0 aliphatic carbocycles. The smallest absolute Gasteiger partial charge is 0.128 e. The summed E-state index contributed by atoms with van der Waals surface area (Å²) in [5.41, 5.74) is 1.97. The minimum Gasteiger partial charge on any atom is -0.496 e. The quantitative estimate of drug-likeness (QED) is 0.935. The molecule has 1 fully saturated rings. The zero-order valence-corrected chi connectivity index (χ0v) is 11.6. The van der Waals surface area contributed by atoms with Crippen molar-refractivity contribution < 1.29 is 9.47 Å². The first-order chi connectivity index (χ1) is 9.38. The molecule has 19 heavy (non-hydrogen) atoms. The summed E-state index contributed by atoms with van der Waals surface area (Å²) in [7, 11) is 1.68. The van der Waals surface area contributed by atoms with Crippen LogP contribution in [0.1, 0.15) is 11.1 Å². The van der Waals surface area contributed by atoms with Gasteiger partial charge in [-0.15, -0.1) is 11.3 Å². The van der Waals surface area contributed by atoms with E-state index in [4.69, 9.17) is 9.47 Å². The lowest BCUT2D eigenvalue weighted by Gasteiger charge is -2.21. The van der Waals surface area contributed by atoms with Crippen LogP contribution in [-0.2, 0) is 4.74 Å². The van der Waals surface area contributed by atoms with Gasteiger partial charge in [-0.25, -0.2) is 4.98 Å². The Morgan fingerprint density at radius 1 is 1.42 bits per heavy atom. The largest absolute Gasteiger partial charge is 0.496 e. The van der Waals surface area contributed by atoms with Gasteiger partial charge in [0.25, 0.3) is 0 Å². The van der Waals surface area contributed by atoms with E-state index < -0.39 is 0 Å². The predicted molar refractivity (Wildman–Crippen MR) is 75.7 cm³/mol. The molecule has 0 amide bonds. The van der Waals surface area contributed by atoms with Gasteiger partial charge in [0.15, 0.2) is 0 Å². The molecule has 0 unspecified atom stereocenters. The maximum absolute atomic E-state index is 5.72. The van der Waals surface area contributed by atoms with Gasteiger partial charge in [0.05, 0.1) is 19.4 Å². The molecule has 1 aromatic heterocycles. The molecule has 3 rings (SSSR count). The SMILES string of the molecule is COc1ccccc1-c1csc([C@H]2CNCCO2)n1. The summed E-state index contributed by atoms with van der Waals surface area (Å²) in [5, 5.41) is 6.40. The number of morpholine rings is 1. The van der Waals surface area contributed by atoms with E-state index in [0.29, 0.717) is 0 Å². The van der Waals surface area contributed by atoms with Crippen LogP contribution in [-0.4, -0.2) is 31.8 Å². The minimum absolute atomic E-state index is 0.0715. The Kier molecular flexibility index (Phi) is 3.77. The Bertz CT molecular complexity index is 550. The Morgan fingerprint density at radius 2 is 2.32 bits per heavy atom. The van der Waals surface area contributed by atoms with Gasteiger partial charge in [-0.1, -0.05) is 12.1 Å². The third kappa shape index (κ3) is 2.63. The van der Waals surface area contributed by atoms with Crippen LogP contribution in [0.4, 0.5) is 0 Å². The van der Waals surface area contributed by atoms with E-state index in [-0.39, 0.29) is 6.10 Å². The second-order valence-electron chi connectivity index (χ2n) is 4.33. The Hall–Kier alpha value is -1.43. The van der Waals surface area contributed by atoms with Crippen LogP contribution in [0.5, 0.6) is 5.75 Å². The number of nitrogens with zero attached hydrogens (tertiary/aromatic N) is 1. The molecular weight excluding hydrogens is 260 g/mol. The number of hydrogen-bond acceptors (Lipinski definition) is 5. The lowest BCUT2D eigenvalue weighted by Crippen LogP contribution is -2.33. The van der Waals surface area contributed by atoms with E-state index in [1.54, 1.807) is 18.4 Å². The number of aromatic nitrogens is 1. The topological polar surface area (TPSA) is 43.4 Å². The first-order valence-electron chi connectivity index (χ1n) is 6.29. The van der Waals surface area contributed by atoms with Gasteiger partial charge in [0.1, 0.15) is 16.9 Å². The molecule has 1 atom stereocenters. The number of methoxy groups -OCH3 is 1. The molecule has 2 heterocycles. The molecule has 0 radical (unpaired) electrons. The predicted octanol–water partition coefficient (Wildman–Crippen LogP) is 2.48. The first kappa shape index (κ1) is 12.6. The van der Waals surface area contributed by atoms with Crippen LogP contribution < -0.4 is 10.1 Å². The van der Waals surface area contributed by atoms with E-state index in [9.17, 15) is 0 Å². The highest BCUT2D eigenvalue weighted by Crippen LogP contribution is 2.32. The van der Waals surface area contributed by atoms with E-state index in [2.05, 4.69) is 15.7 Å². The molecule has 0 bridgehead atoms. The monoisotopic (exact) mass is 276 g/mol. The average Bonchev–Trinajstić information content (AvgIpc) is 2.98. The van der Waals surface area contributed by atoms with Crippen LogP contribution in [0.3, 0.4) is 0 Å². The van der Waals surface area contributed by atoms with Gasteiger partial charge in [-0.3, -0.25) is 0 Å². The summed E-state index contributed by atoms with van der Waals surface area (Å²) >= 11 is 1.64. The van der Waals surface area contributed by atoms with Crippen LogP contribution in [0, 0.1) is 0 Å². The Balaban J connectivity index is 1.88. The second-order valence-corrected chi connectivity index (χ2v) is 5.22. The normalized spacial score (nSPS) is 19.3. The van der Waals surface area contributed by atoms with Gasteiger partial charge in [-0.2, -0.15) is 0 Å². The van der Waals surface area contributed by atoms with Gasteiger partial charge in [0.2, 0.25) is 0 Å². The maximum Gasteiger partial charge on any atom is 0.128 e. The maximum atomic E-state index is 5.72. The molecule has 1 saturated heterocycles. The summed E-state index contributed by atoms with van der Waals surface area (Å²) in [6, 6.07) is 7.93. The van der Waals surface area contributed by atoms with Crippen molar-refractivity contribution in [2.75, 3.05) is 26.8 Å². The number of ether oxygens (including phenoxy) is 2. The summed E-state index contributed by atoms with van der Waals surface area (Å²) < 4.78 is 11.1. The molecule has 1 aliphatic heterocycles. The lowest BCUT2D eigenvalue weighted by molar-refractivity contribution is 0.0276. The fourth-order valence-electron chi connectivity index (χ4n) is 2.14. The third-order valence-electron chi connectivity index (χ3n) is 3.11. The van der Waals surface area contributed by atoms with Gasteiger partial charge < -0.3 is 14.8 Å². The van der Waals surface area contributed by atoms with Crippen LogP contribution in [0.15, 0.2) is 29.6 Å². The molecule has 5 heteroatoms. The van der Waals surface area contributed by atoms with Crippen LogP contribution in [0.25, 0.3) is 11.3 Å². The fraction of sp³-hybridized carbons (Fsp3) is 0.357. The fourth-order valence-corrected chi connectivity index (χ4v) is 3.01. The number of nitrogens with one attached hydrogen (secondary N) is 1. The standard InChI is InChI=1S/C14H16N2O2S/c1-17-12-5-3-2-4-10(12)11-9-19-14(16-11)13-8-15-6-7-18-13/h2-5,9,13,15H,6-8H2,1H3/t13-/m1/s1. The van der Waals surface area contributed by atoms with Gasteiger partial charge in [-0.05, 0) is 12.1 Å². The number of benzene rings is 1. The van der Waals surface area contributed by atoms with E-state index in [1.807, 2.05) is 24.3 Å². The molecular formula is C14H16N2O2S. The van der Waals surface area contributed by atoms with Crippen molar-refractivity contribution in [2.24, 2.45) is 0 Å². The molecule has 4 nitrogen and oxygen atoms in total. The van der Waals surface area contributed by atoms with Gasteiger partial charge >= 0.3 is 0 Å². The van der Waals surface area contributed by atoms with Crippen molar-refractivity contribution in [1.29, 1.82) is 0 Å². The summed E-state index contributed by atoms with van der Waals surface area (Å²) in [4.78, 5) is 4.69. The van der Waals surface area contributed by atoms with E-state index >= 15 is 0 Å². The number of para-hydroxylation sites is 1. The van der Waals surface area contributed by atoms with Crippen molar-refractivity contribution in [1.82, 2.24) is 10.3 Å². The molecule has 0 saturated carbocycles. The van der Waals surface area contributed by atoms with Crippen molar-refractivity contribution >= 4 is 11.3 Å². The molecule has 0 spiro atoms. The van der Waals surface area contributed by atoms with Crippen molar-refractivity contribution in [3.05, 3.63) is 34.7 Å². The van der Waals surface area contributed by atoms with Crippen LogP contribution in [0.2, 0.25) is 0 Å². The van der Waals surface area contributed by atoms with Gasteiger partial charge in [0, 0.05) is 24.0 Å². The van der Waals surface area contributed by atoms with E-state index in [0.717, 1.165) is 41.7 Å². The highest BCUT2D eigenvalue weighted by molar-refractivity contribution is 7.10. The van der Waals surface area contributed by atoms with Crippen molar-refractivity contribution in [3.8, 4) is 17.0 Å². The highest BCUT2D eigenvalue weighted by atomic mass is 32.1. The molecule has 2 aromatic rings. The third-order valence-corrected chi connectivity index (χ3v) is 4.04. The minimum atomic E-state index is 0.0715. The summed E-state index contributed by atoms with van der Waals surface area (Å²) in [5.74, 6) is 0.849. The molecule has 100 valence electrons.